The predicted molar refractivity (Wildman–Crippen MR) is 203 cm³/mol. The third-order valence-electron chi connectivity index (χ3n) is 9.76. The Bertz CT molecular complexity index is 3150. The van der Waals surface area contributed by atoms with Crippen molar-refractivity contribution in [1.82, 2.24) is 15.0 Å². The monoisotopic (exact) mass is 655 g/mol. The lowest BCUT2D eigenvalue weighted by Crippen LogP contribution is -2.00. The fourth-order valence-corrected chi connectivity index (χ4v) is 7.41. The molecule has 4 heterocycles. The summed E-state index contributed by atoms with van der Waals surface area (Å²) in [6.07, 6.45) is 0. The number of hydrogen-bond donors (Lipinski definition) is 0. The Morgan fingerprint density at radius 3 is 1.65 bits per heavy atom. The number of fused-ring (bicyclic) bond motifs is 9. The Morgan fingerprint density at radius 2 is 0.843 bits per heavy atom. The van der Waals surface area contributed by atoms with Crippen LogP contribution in [0.4, 0.5) is 0 Å². The van der Waals surface area contributed by atoms with Gasteiger partial charge in [0.05, 0.1) is 0 Å². The van der Waals surface area contributed by atoms with Crippen molar-refractivity contribution in [2.45, 2.75) is 0 Å². The van der Waals surface area contributed by atoms with Crippen LogP contribution in [0.25, 0.3) is 111 Å². The molecule has 0 spiro atoms. The van der Waals surface area contributed by atoms with E-state index in [-0.39, 0.29) is 0 Å². The summed E-state index contributed by atoms with van der Waals surface area (Å²) in [7, 11) is 0. The molecular weight excluding hydrogens is 631 g/mol. The van der Waals surface area contributed by atoms with Gasteiger partial charge >= 0.3 is 0 Å². The molecule has 0 unspecified atom stereocenters. The lowest BCUT2D eigenvalue weighted by Gasteiger charge is -2.09. The fraction of sp³-hybridized carbons (Fsp3) is 0. The topological polar surface area (TPSA) is 78.1 Å². The molecule has 0 saturated heterocycles. The van der Waals surface area contributed by atoms with Gasteiger partial charge in [-0.3, -0.25) is 0 Å². The molecule has 0 aliphatic heterocycles. The van der Waals surface area contributed by atoms with Crippen molar-refractivity contribution in [3.63, 3.8) is 0 Å². The van der Waals surface area contributed by atoms with Gasteiger partial charge < -0.3 is 13.3 Å². The molecule has 7 aromatic carbocycles. The Hall–Kier alpha value is -7.05. The van der Waals surface area contributed by atoms with E-state index in [1.165, 1.54) is 0 Å². The van der Waals surface area contributed by atoms with Gasteiger partial charge in [-0.25, -0.2) is 15.0 Å². The average Bonchev–Trinajstić information content (AvgIpc) is 3.89. The Labute approximate surface area is 290 Å². The molecule has 51 heavy (non-hydrogen) atoms. The van der Waals surface area contributed by atoms with Crippen LogP contribution < -0.4 is 0 Å². The molecule has 0 bridgehead atoms. The summed E-state index contributed by atoms with van der Waals surface area (Å²) < 4.78 is 19.4. The van der Waals surface area contributed by atoms with Crippen LogP contribution in [0.2, 0.25) is 0 Å². The first kappa shape index (κ1) is 27.9. The largest absolute Gasteiger partial charge is 0.456 e. The van der Waals surface area contributed by atoms with E-state index >= 15 is 0 Å². The third kappa shape index (κ3) is 4.26. The highest BCUT2D eigenvalue weighted by atomic mass is 16.3. The molecule has 11 rings (SSSR count). The maximum absolute atomic E-state index is 6.70. The zero-order valence-electron chi connectivity index (χ0n) is 27.0. The van der Waals surface area contributed by atoms with E-state index in [4.69, 9.17) is 28.2 Å². The normalized spacial score (nSPS) is 11.9. The van der Waals surface area contributed by atoms with E-state index in [0.29, 0.717) is 17.5 Å². The Morgan fingerprint density at radius 1 is 0.314 bits per heavy atom. The third-order valence-corrected chi connectivity index (χ3v) is 9.76. The summed E-state index contributed by atoms with van der Waals surface area (Å²) in [5.41, 5.74) is 9.39. The van der Waals surface area contributed by atoms with Gasteiger partial charge in [0.15, 0.2) is 17.5 Å². The van der Waals surface area contributed by atoms with Gasteiger partial charge in [0.1, 0.15) is 33.5 Å². The van der Waals surface area contributed by atoms with Gasteiger partial charge in [0.25, 0.3) is 0 Å². The molecule has 0 aliphatic rings. The zero-order chi connectivity index (χ0) is 33.5. The first-order valence-corrected chi connectivity index (χ1v) is 16.9. The first-order valence-electron chi connectivity index (χ1n) is 16.9. The molecule has 0 aliphatic carbocycles. The van der Waals surface area contributed by atoms with E-state index < -0.39 is 0 Å². The van der Waals surface area contributed by atoms with Crippen LogP contribution in [0, 0.1) is 0 Å². The van der Waals surface area contributed by atoms with Crippen molar-refractivity contribution >= 4 is 65.8 Å². The van der Waals surface area contributed by atoms with E-state index in [1.54, 1.807) is 0 Å². The van der Waals surface area contributed by atoms with Crippen LogP contribution in [0.3, 0.4) is 0 Å². The number of rotatable bonds is 4. The molecular formula is C45H25N3O3. The number of furan rings is 3. The molecule has 0 amide bonds. The van der Waals surface area contributed by atoms with Crippen LogP contribution >= 0.6 is 0 Å². The van der Waals surface area contributed by atoms with E-state index in [0.717, 1.165) is 93.6 Å². The van der Waals surface area contributed by atoms with Crippen LogP contribution in [-0.2, 0) is 0 Å². The van der Waals surface area contributed by atoms with Crippen LogP contribution in [0.15, 0.2) is 165 Å². The highest BCUT2D eigenvalue weighted by molar-refractivity contribution is 6.17. The number of nitrogens with zero attached hydrogens (tertiary/aromatic N) is 3. The van der Waals surface area contributed by atoms with E-state index in [1.807, 2.05) is 84.9 Å². The van der Waals surface area contributed by atoms with E-state index in [2.05, 4.69) is 66.7 Å². The SMILES string of the molecule is c1ccc(-c2nc(-c3ccc4c(c3)oc3ccccc34)nc(-c3cccc4oc5c(-c6cccc7c6oc6ccccc67)cccc5c34)n2)cc1. The highest BCUT2D eigenvalue weighted by Crippen LogP contribution is 2.43. The van der Waals surface area contributed by atoms with E-state index in [9.17, 15) is 0 Å². The number of hydrogen-bond acceptors (Lipinski definition) is 6. The minimum Gasteiger partial charge on any atom is -0.456 e. The molecule has 6 heteroatoms. The van der Waals surface area contributed by atoms with Crippen molar-refractivity contribution in [3.05, 3.63) is 152 Å². The van der Waals surface area contributed by atoms with Gasteiger partial charge in [-0.15, -0.1) is 0 Å². The van der Waals surface area contributed by atoms with Gasteiger partial charge in [-0.2, -0.15) is 0 Å². The number of benzene rings is 7. The second-order valence-corrected chi connectivity index (χ2v) is 12.7. The summed E-state index contributed by atoms with van der Waals surface area (Å²) in [5, 5.41) is 6.20. The standard InChI is InChI=1S/C45H25N3O3/c1-2-11-26(12-3-1)43-46-44(27-23-24-30-28-13-4-6-20-36(28)49-39(30)25-27)48-45(47-43)35-19-10-22-38-40(35)34-18-9-17-33(42(34)51-38)32-16-8-15-31-29-14-5-7-21-37(29)50-41(31)32/h1-25H. The average molecular weight is 656 g/mol. The maximum atomic E-state index is 6.70. The summed E-state index contributed by atoms with van der Waals surface area (Å²) in [6.45, 7) is 0. The second-order valence-electron chi connectivity index (χ2n) is 12.7. The lowest BCUT2D eigenvalue weighted by atomic mass is 9.98. The molecule has 0 saturated carbocycles. The molecule has 11 aromatic rings. The maximum Gasteiger partial charge on any atom is 0.164 e. The van der Waals surface area contributed by atoms with Crippen LogP contribution in [0.5, 0.6) is 0 Å². The van der Waals surface area contributed by atoms with Crippen molar-refractivity contribution in [2.24, 2.45) is 0 Å². The summed E-state index contributed by atoms with van der Waals surface area (Å²) in [5.74, 6) is 1.70. The van der Waals surface area contributed by atoms with Gasteiger partial charge in [-0.05, 0) is 30.3 Å². The predicted octanol–water partition coefficient (Wildman–Crippen LogP) is 12.2. The molecule has 0 radical (unpaired) electrons. The Kier molecular flexibility index (Phi) is 5.86. The quantitative estimate of drug-likeness (QED) is 0.188. The smallest absolute Gasteiger partial charge is 0.164 e. The van der Waals surface area contributed by atoms with Crippen molar-refractivity contribution in [3.8, 4) is 45.3 Å². The summed E-state index contributed by atoms with van der Waals surface area (Å²) in [4.78, 5) is 15.2. The van der Waals surface area contributed by atoms with Crippen LogP contribution in [0.1, 0.15) is 0 Å². The van der Waals surface area contributed by atoms with Gasteiger partial charge in [-0.1, -0.05) is 121 Å². The number of para-hydroxylation sites is 4. The van der Waals surface area contributed by atoms with Crippen LogP contribution in [-0.4, -0.2) is 15.0 Å². The first-order chi connectivity index (χ1) is 25.3. The summed E-state index contributed by atoms with van der Waals surface area (Å²) >= 11 is 0. The fourth-order valence-electron chi connectivity index (χ4n) is 7.41. The zero-order valence-corrected chi connectivity index (χ0v) is 27.0. The molecule has 0 atom stereocenters. The highest BCUT2D eigenvalue weighted by Gasteiger charge is 2.21. The molecule has 238 valence electrons. The Balaban J connectivity index is 1.13. The minimum absolute atomic E-state index is 0.557. The second kappa shape index (κ2) is 10.7. The van der Waals surface area contributed by atoms with Gasteiger partial charge in [0.2, 0.25) is 0 Å². The number of aromatic nitrogens is 3. The molecule has 0 fully saturated rings. The lowest BCUT2D eigenvalue weighted by molar-refractivity contribution is 0.665. The van der Waals surface area contributed by atoms with Crippen molar-refractivity contribution in [1.29, 1.82) is 0 Å². The van der Waals surface area contributed by atoms with Gasteiger partial charge in [0, 0.05) is 60.1 Å². The van der Waals surface area contributed by atoms with Crippen molar-refractivity contribution < 1.29 is 13.3 Å². The molecule has 4 aromatic heterocycles. The molecule has 0 N–H and O–H groups in total. The molecule has 6 nitrogen and oxygen atoms in total. The minimum atomic E-state index is 0.557. The van der Waals surface area contributed by atoms with Crippen molar-refractivity contribution in [2.75, 3.05) is 0 Å². The summed E-state index contributed by atoms with van der Waals surface area (Å²) in [6, 6.07) is 51.0.